The number of hydrogen-bond donors (Lipinski definition) is 2. The van der Waals surface area contributed by atoms with Crippen LogP contribution in [0.15, 0.2) is 24.3 Å². The number of anilines is 1. The molecule has 0 spiro atoms. The van der Waals surface area contributed by atoms with Gasteiger partial charge in [-0.05, 0) is 24.6 Å². The van der Waals surface area contributed by atoms with Crippen LogP contribution in [0.4, 0.5) is 5.69 Å². The lowest BCUT2D eigenvalue weighted by Crippen LogP contribution is -2.35. The average Bonchev–Trinajstić information content (AvgIpc) is 2.39. The third kappa shape index (κ3) is 5.52. The van der Waals surface area contributed by atoms with Gasteiger partial charge in [0.2, 0.25) is 11.8 Å². The minimum Gasteiger partial charge on any atom is -0.345 e. The van der Waals surface area contributed by atoms with Gasteiger partial charge in [-0.25, -0.2) is 0 Å². The minimum atomic E-state index is -0.0842. The van der Waals surface area contributed by atoms with Crippen LogP contribution in [0.3, 0.4) is 0 Å². The molecular formula is C14H21N3O2. The van der Waals surface area contributed by atoms with Crippen molar-refractivity contribution >= 4 is 17.5 Å². The van der Waals surface area contributed by atoms with Crippen molar-refractivity contribution in [2.24, 2.45) is 0 Å². The van der Waals surface area contributed by atoms with E-state index in [2.05, 4.69) is 10.6 Å². The van der Waals surface area contributed by atoms with Gasteiger partial charge in [-0.1, -0.05) is 12.1 Å². The molecule has 0 bridgehead atoms. The van der Waals surface area contributed by atoms with Crippen molar-refractivity contribution in [2.45, 2.75) is 20.4 Å². The maximum Gasteiger partial charge on any atom is 0.236 e. The largest absolute Gasteiger partial charge is 0.345 e. The summed E-state index contributed by atoms with van der Waals surface area (Å²) >= 11 is 0. The van der Waals surface area contributed by atoms with Crippen LogP contribution in [0.5, 0.6) is 0 Å². The molecule has 0 aliphatic rings. The van der Waals surface area contributed by atoms with Gasteiger partial charge in [0.05, 0.1) is 6.54 Å². The summed E-state index contributed by atoms with van der Waals surface area (Å²) < 4.78 is 0. The van der Waals surface area contributed by atoms with E-state index in [1.54, 1.807) is 11.9 Å². The Morgan fingerprint density at radius 2 is 1.84 bits per heavy atom. The third-order valence-corrected chi connectivity index (χ3v) is 2.78. The van der Waals surface area contributed by atoms with Crippen LogP contribution in [0.1, 0.15) is 19.4 Å². The van der Waals surface area contributed by atoms with Gasteiger partial charge in [0.1, 0.15) is 0 Å². The Morgan fingerprint density at radius 1 is 1.21 bits per heavy atom. The second-order valence-electron chi connectivity index (χ2n) is 4.39. The molecule has 0 heterocycles. The number of hydrogen-bond acceptors (Lipinski definition) is 3. The summed E-state index contributed by atoms with van der Waals surface area (Å²) in [6, 6.07) is 7.54. The molecule has 2 N–H and O–H groups in total. The van der Waals surface area contributed by atoms with Crippen LogP contribution >= 0.6 is 0 Å². The molecule has 104 valence electrons. The lowest BCUT2D eigenvalue weighted by Gasteiger charge is -2.14. The molecule has 19 heavy (non-hydrogen) atoms. The first-order chi connectivity index (χ1) is 9.02. The fourth-order valence-electron chi connectivity index (χ4n) is 1.53. The van der Waals surface area contributed by atoms with Gasteiger partial charge in [0.25, 0.3) is 0 Å². The quantitative estimate of drug-likeness (QED) is 0.811. The second-order valence-corrected chi connectivity index (χ2v) is 4.39. The summed E-state index contributed by atoms with van der Waals surface area (Å²) in [7, 11) is 1.78. The number of likely N-dealkylation sites (N-methyl/N-ethyl adjacent to an activating group) is 1. The van der Waals surface area contributed by atoms with Crippen LogP contribution in [-0.4, -0.2) is 36.9 Å². The Labute approximate surface area is 114 Å². The van der Waals surface area contributed by atoms with Crippen molar-refractivity contribution < 1.29 is 9.59 Å². The number of benzene rings is 1. The molecule has 1 aromatic carbocycles. The Hall–Kier alpha value is -1.88. The Kier molecular flexibility index (Phi) is 6.02. The monoisotopic (exact) mass is 263 g/mol. The number of carbonyl (C=O) groups is 2. The van der Waals surface area contributed by atoms with E-state index >= 15 is 0 Å². The molecule has 5 nitrogen and oxygen atoms in total. The molecule has 5 heteroatoms. The number of amides is 2. The number of rotatable bonds is 6. The second kappa shape index (κ2) is 7.53. The van der Waals surface area contributed by atoms with Crippen LogP contribution in [0.25, 0.3) is 0 Å². The predicted molar refractivity (Wildman–Crippen MR) is 75.8 cm³/mol. The highest BCUT2D eigenvalue weighted by Gasteiger charge is 2.05. The van der Waals surface area contributed by atoms with E-state index < -0.39 is 0 Å². The molecule has 0 atom stereocenters. The summed E-state index contributed by atoms with van der Waals surface area (Å²) in [6.45, 7) is 5.09. The van der Waals surface area contributed by atoms with Crippen LogP contribution in [-0.2, 0) is 16.1 Å². The van der Waals surface area contributed by atoms with Gasteiger partial charge in [-0.2, -0.15) is 0 Å². The number of nitrogens with one attached hydrogen (secondary N) is 2. The molecule has 0 saturated heterocycles. The first-order valence-electron chi connectivity index (χ1n) is 6.34. The zero-order valence-electron chi connectivity index (χ0n) is 11.7. The fourth-order valence-corrected chi connectivity index (χ4v) is 1.53. The molecule has 0 aliphatic heterocycles. The van der Waals surface area contributed by atoms with Gasteiger partial charge in [-0.3, -0.25) is 9.59 Å². The summed E-state index contributed by atoms with van der Waals surface area (Å²) in [5.41, 5.74) is 1.85. The van der Waals surface area contributed by atoms with Crippen molar-refractivity contribution in [3.05, 3.63) is 29.8 Å². The summed E-state index contributed by atoms with van der Waals surface area (Å²) in [5, 5.41) is 5.81. The van der Waals surface area contributed by atoms with Crippen LogP contribution in [0, 0.1) is 0 Å². The van der Waals surface area contributed by atoms with E-state index in [9.17, 15) is 9.59 Å². The highest BCUT2D eigenvalue weighted by Crippen LogP contribution is 2.09. The highest BCUT2D eigenvalue weighted by atomic mass is 16.2. The standard InChI is InChI=1S/C14H21N3O2/c1-4-17(3)14(19)10-15-9-12-5-7-13(8-6-12)16-11(2)18/h5-8,15H,4,9-10H2,1-3H3,(H,16,18). The van der Waals surface area contributed by atoms with Crippen molar-refractivity contribution in [1.29, 1.82) is 0 Å². The van der Waals surface area contributed by atoms with E-state index in [4.69, 9.17) is 0 Å². The Bertz CT molecular complexity index is 429. The van der Waals surface area contributed by atoms with Crippen LogP contribution in [0.2, 0.25) is 0 Å². The van der Waals surface area contributed by atoms with Crippen molar-refractivity contribution in [3.63, 3.8) is 0 Å². The fraction of sp³-hybridized carbons (Fsp3) is 0.429. The molecule has 0 aliphatic carbocycles. The van der Waals surface area contributed by atoms with Crippen molar-refractivity contribution in [1.82, 2.24) is 10.2 Å². The summed E-state index contributed by atoms with van der Waals surface area (Å²) in [6.07, 6.45) is 0. The highest BCUT2D eigenvalue weighted by molar-refractivity contribution is 5.88. The zero-order valence-corrected chi connectivity index (χ0v) is 11.7. The van der Waals surface area contributed by atoms with E-state index in [0.717, 1.165) is 11.3 Å². The van der Waals surface area contributed by atoms with Gasteiger partial charge in [0, 0.05) is 32.7 Å². The lowest BCUT2D eigenvalue weighted by molar-refractivity contribution is -0.128. The molecular weight excluding hydrogens is 242 g/mol. The molecule has 1 aromatic rings. The molecule has 0 saturated carbocycles. The first kappa shape index (κ1) is 15.2. The van der Waals surface area contributed by atoms with Gasteiger partial charge in [-0.15, -0.1) is 0 Å². The zero-order chi connectivity index (χ0) is 14.3. The van der Waals surface area contributed by atoms with Crippen LogP contribution < -0.4 is 10.6 Å². The summed E-state index contributed by atoms with van der Waals surface area (Å²) in [4.78, 5) is 24.1. The predicted octanol–water partition coefficient (Wildman–Crippen LogP) is 1.21. The van der Waals surface area contributed by atoms with E-state index in [0.29, 0.717) is 19.6 Å². The molecule has 0 aromatic heterocycles. The van der Waals surface area contributed by atoms with Crippen molar-refractivity contribution in [2.75, 3.05) is 25.5 Å². The van der Waals surface area contributed by atoms with Crippen molar-refractivity contribution in [3.8, 4) is 0 Å². The normalized spacial score (nSPS) is 10.1. The van der Waals surface area contributed by atoms with E-state index in [1.807, 2.05) is 31.2 Å². The third-order valence-electron chi connectivity index (χ3n) is 2.78. The van der Waals surface area contributed by atoms with Gasteiger partial charge >= 0.3 is 0 Å². The smallest absolute Gasteiger partial charge is 0.236 e. The van der Waals surface area contributed by atoms with E-state index in [-0.39, 0.29) is 11.8 Å². The van der Waals surface area contributed by atoms with Gasteiger partial charge < -0.3 is 15.5 Å². The number of nitrogens with zero attached hydrogens (tertiary/aromatic N) is 1. The topological polar surface area (TPSA) is 61.4 Å². The molecule has 0 fully saturated rings. The lowest BCUT2D eigenvalue weighted by atomic mass is 10.2. The first-order valence-corrected chi connectivity index (χ1v) is 6.34. The average molecular weight is 263 g/mol. The Morgan fingerprint density at radius 3 is 2.37 bits per heavy atom. The SMILES string of the molecule is CCN(C)C(=O)CNCc1ccc(NC(C)=O)cc1. The molecule has 0 radical (unpaired) electrons. The van der Waals surface area contributed by atoms with Gasteiger partial charge in [0.15, 0.2) is 0 Å². The Balaban J connectivity index is 2.38. The summed E-state index contributed by atoms with van der Waals surface area (Å²) in [5.74, 6) is -0.00330. The minimum absolute atomic E-state index is 0.0809. The molecule has 2 amide bonds. The van der Waals surface area contributed by atoms with E-state index in [1.165, 1.54) is 6.92 Å². The maximum atomic E-state index is 11.6. The molecule has 0 unspecified atom stereocenters. The maximum absolute atomic E-state index is 11.6. The number of carbonyl (C=O) groups excluding carboxylic acids is 2. The molecule has 1 rings (SSSR count).